The van der Waals surface area contributed by atoms with Crippen molar-refractivity contribution < 1.29 is 21.6 Å². The maximum Gasteiger partial charge on any atom is 0.401 e. The van der Waals surface area contributed by atoms with Gasteiger partial charge in [0.15, 0.2) is 0 Å². The third kappa shape index (κ3) is 6.72. The summed E-state index contributed by atoms with van der Waals surface area (Å²) in [6.07, 6.45) is -2.18. The molecule has 1 aliphatic rings. The molecular weight excluding hydrogens is 329 g/mol. The summed E-state index contributed by atoms with van der Waals surface area (Å²) in [5, 5.41) is 1.07. The van der Waals surface area contributed by atoms with Gasteiger partial charge in [0.25, 0.3) is 0 Å². The van der Waals surface area contributed by atoms with Gasteiger partial charge in [0.2, 0.25) is 10.0 Å². The first kappa shape index (κ1) is 18.0. The van der Waals surface area contributed by atoms with Crippen LogP contribution in [0.3, 0.4) is 0 Å². The molecule has 0 aliphatic carbocycles. The topological polar surface area (TPSA) is 49.4 Å². The number of rotatable bonds is 6. The van der Waals surface area contributed by atoms with E-state index in [-0.39, 0.29) is 19.0 Å². The zero-order valence-electron chi connectivity index (χ0n) is 12.5. The highest BCUT2D eigenvalue weighted by Crippen LogP contribution is 2.22. The molecule has 0 aromatic heterocycles. The Morgan fingerprint density at radius 3 is 2.61 bits per heavy atom. The summed E-state index contributed by atoms with van der Waals surface area (Å²) in [6.45, 7) is -0.198. The lowest BCUT2D eigenvalue weighted by molar-refractivity contribution is -0.143. The standard InChI is InChI=1S/C15H19F3N2O2S/c16-15(17,18)12-20-8-6-14(11-20)10-19-23(21,22)9-7-13-4-2-1-3-5-13/h1-5,7,9,14,19H,6,8,10-12H2/b9-7+/t14-/m0/s1. The van der Waals surface area contributed by atoms with Crippen LogP contribution in [-0.4, -0.2) is 45.7 Å². The highest BCUT2D eigenvalue weighted by Gasteiger charge is 2.34. The van der Waals surface area contributed by atoms with E-state index in [0.717, 1.165) is 11.0 Å². The molecule has 4 nitrogen and oxygen atoms in total. The summed E-state index contributed by atoms with van der Waals surface area (Å²) in [5.74, 6) is -0.0998. The number of alkyl halides is 3. The van der Waals surface area contributed by atoms with Crippen LogP contribution in [0.1, 0.15) is 12.0 Å². The van der Waals surface area contributed by atoms with Gasteiger partial charge in [0.05, 0.1) is 6.54 Å². The molecule has 1 aromatic rings. The second-order valence-electron chi connectivity index (χ2n) is 5.61. The van der Waals surface area contributed by atoms with Crippen molar-refractivity contribution in [3.8, 4) is 0 Å². The average Bonchev–Trinajstić information content (AvgIpc) is 2.90. The Balaban J connectivity index is 1.80. The smallest absolute Gasteiger partial charge is 0.295 e. The summed E-state index contributed by atoms with van der Waals surface area (Å²) >= 11 is 0. The number of sulfonamides is 1. The van der Waals surface area contributed by atoms with Crippen LogP contribution in [0.5, 0.6) is 0 Å². The van der Waals surface area contributed by atoms with Crippen LogP contribution >= 0.6 is 0 Å². The van der Waals surface area contributed by atoms with Crippen molar-refractivity contribution in [2.45, 2.75) is 12.6 Å². The van der Waals surface area contributed by atoms with E-state index in [1.165, 1.54) is 11.0 Å². The number of halogens is 3. The lowest BCUT2D eigenvalue weighted by atomic mass is 10.1. The molecule has 0 radical (unpaired) electrons. The number of nitrogens with one attached hydrogen (secondary N) is 1. The highest BCUT2D eigenvalue weighted by atomic mass is 32.2. The molecule has 0 saturated carbocycles. The van der Waals surface area contributed by atoms with Gasteiger partial charge < -0.3 is 0 Å². The van der Waals surface area contributed by atoms with Crippen LogP contribution in [0.2, 0.25) is 0 Å². The first-order valence-corrected chi connectivity index (χ1v) is 8.80. The fraction of sp³-hybridized carbons (Fsp3) is 0.467. The summed E-state index contributed by atoms with van der Waals surface area (Å²) in [6, 6.07) is 8.98. The van der Waals surface area contributed by atoms with Crippen LogP contribution < -0.4 is 4.72 Å². The van der Waals surface area contributed by atoms with Gasteiger partial charge in [-0.2, -0.15) is 13.2 Å². The highest BCUT2D eigenvalue weighted by molar-refractivity contribution is 7.92. The third-order valence-electron chi connectivity index (χ3n) is 3.59. The van der Waals surface area contributed by atoms with Crippen molar-refractivity contribution in [1.82, 2.24) is 9.62 Å². The molecular formula is C15H19F3N2O2S. The molecule has 0 bridgehead atoms. The van der Waals surface area contributed by atoms with E-state index in [0.29, 0.717) is 13.0 Å². The molecule has 8 heteroatoms. The van der Waals surface area contributed by atoms with Gasteiger partial charge in [-0.3, -0.25) is 4.90 Å². The van der Waals surface area contributed by atoms with Gasteiger partial charge in [0.1, 0.15) is 0 Å². The quantitative estimate of drug-likeness (QED) is 0.859. The largest absolute Gasteiger partial charge is 0.401 e. The first-order valence-electron chi connectivity index (χ1n) is 7.25. The number of nitrogens with zero attached hydrogens (tertiary/aromatic N) is 1. The second kappa shape index (κ2) is 7.46. The molecule has 1 saturated heterocycles. The van der Waals surface area contributed by atoms with Gasteiger partial charge in [0, 0.05) is 18.5 Å². The Morgan fingerprint density at radius 1 is 1.26 bits per heavy atom. The van der Waals surface area contributed by atoms with E-state index in [1.807, 2.05) is 6.07 Å². The van der Waals surface area contributed by atoms with E-state index in [4.69, 9.17) is 0 Å². The SMILES string of the molecule is O=S(=O)(/C=C/c1ccccc1)NC[C@@H]1CCN(CC(F)(F)F)C1. The minimum Gasteiger partial charge on any atom is -0.295 e. The molecule has 128 valence electrons. The molecule has 0 spiro atoms. The van der Waals surface area contributed by atoms with Crippen molar-refractivity contribution in [3.63, 3.8) is 0 Å². The monoisotopic (exact) mass is 348 g/mol. The Kier molecular flexibility index (Phi) is 5.83. The molecule has 0 amide bonds. The number of benzene rings is 1. The van der Waals surface area contributed by atoms with Crippen LogP contribution in [0.4, 0.5) is 13.2 Å². The summed E-state index contributed by atoms with van der Waals surface area (Å²) in [7, 11) is -3.59. The van der Waals surface area contributed by atoms with E-state index in [2.05, 4.69) is 4.72 Å². The number of likely N-dealkylation sites (tertiary alicyclic amines) is 1. The normalized spacial score (nSPS) is 20.4. The Hall–Kier alpha value is -1.38. The molecule has 1 heterocycles. The fourth-order valence-electron chi connectivity index (χ4n) is 2.49. The Labute approximate surface area is 134 Å². The Bertz CT molecular complexity index is 630. The van der Waals surface area contributed by atoms with Crippen LogP contribution in [-0.2, 0) is 10.0 Å². The van der Waals surface area contributed by atoms with Crippen LogP contribution in [0.25, 0.3) is 6.08 Å². The third-order valence-corrected chi connectivity index (χ3v) is 4.65. The lowest BCUT2D eigenvalue weighted by Gasteiger charge is -2.17. The lowest BCUT2D eigenvalue weighted by Crippen LogP contribution is -2.34. The summed E-state index contributed by atoms with van der Waals surface area (Å²) < 4.78 is 63.1. The van der Waals surface area contributed by atoms with E-state index in [1.54, 1.807) is 24.3 Å². The maximum absolute atomic E-state index is 12.3. The van der Waals surface area contributed by atoms with Gasteiger partial charge in [-0.15, -0.1) is 0 Å². The molecule has 2 rings (SSSR count). The fourth-order valence-corrected chi connectivity index (χ4v) is 3.39. The van der Waals surface area contributed by atoms with E-state index in [9.17, 15) is 21.6 Å². The van der Waals surface area contributed by atoms with Crippen molar-refractivity contribution in [3.05, 3.63) is 41.3 Å². The molecule has 0 unspecified atom stereocenters. The van der Waals surface area contributed by atoms with Crippen molar-refractivity contribution in [1.29, 1.82) is 0 Å². The predicted octanol–water partition coefficient (Wildman–Crippen LogP) is 2.46. The maximum atomic E-state index is 12.3. The zero-order chi connectivity index (χ0) is 16.9. The van der Waals surface area contributed by atoms with Crippen molar-refractivity contribution in [2.75, 3.05) is 26.2 Å². The number of hydrogen-bond donors (Lipinski definition) is 1. The van der Waals surface area contributed by atoms with Gasteiger partial charge in [-0.25, -0.2) is 13.1 Å². The van der Waals surface area contributed by atoms with Gasteiger partial charge in [-0.1, -0.05) is 30.3 Å². The molecule has 1 fully saturated rings. The Morgan fingerprint density at radius 2 is 1.96 bits per heavy atom. The molecule has 23 heavy (non-hydrogen) atoms. The minimum absolute atomic E-state index is 0.0998. The van der Waals surface area contributed by atoms with Crippen LogP contribution in [0, 0.1) is 5.92 Å². The molecule has 1 atom stereocenters. The first-order chi connectivity index (χ1) is 10.7. The van der Waals surface area contributed by atoms with Crippen molar-refractivity contribution >= 4 is 16.1 Å². The van der Waals surface area contributed by atoms with Gasteiger partial charge in [-0.05, 0) is 30.5 Å². The van der Waals surface area contributed by atoms with E-state index < -0.39 is 22.7 Å². The van der Waals surface area contributed by atoms with Crippen LogP contribution in [0.15, 0.2) is 35.7 Å². The second-order valence-corrected chi connectivity index (χ2v) is 7.26. The molecule has 1 aromatic carbocycles. The van der Waals surface area contributed by atoms with E-state index >= 15 is 0 Å². The molecule has 1 N–H and O–H groups in total. The summed E-state index contributed by atoms with van der Waals surface area (Å²) in [4.78, 5) is 1.30. The van der Waals surface area contributed by atoms with Gasteiger partial charge >= 0.3 is 6.18 Å². The predicted molar refractivity (Wildman–Crippen MR) is 83.0 cm³/mol. The van der Waals surface area contributed by atoms with Crippen molar-refractivity contribution in [2.24, 2.45) is 5.92 Å². The zero-order valence-corrected chi connectivity index (χ0v) is 13.3. The minimum atomic E-state index is -4.22. The average molecular weight is 348 g/mol. The molecule has 1 aliphatic heterocycles. The number of hydrogen-bond acceptors (Lipinski definition) is 3. The summed E-state index contributed by atoms with van der Waals surface area (Å²) in [5.41, 5.74) is 0.759.